The van der Waals surface area contributed by atoms with Crippen LogP contribution in [0.25, 0.3) is 0 Å². The molecule has 2 unspecified atom stereocenters. The van der Waals surface area contributed by atoms with Crippen molar-refractivity contribution in [1.29, 1.82) is 0 Å². The van der Waals surface area contributed by atoms with Gasteiger partial charge in [-0.15, -0.1) is 0 Å². The molecule has 2 aliphatic rings. The van der Waals surface area contributed by atoms with E-state index in [1.807, 2.05) is 0 Å². The highest BCUT2D eigenvalue weighted by molar-refractivity contribution is 5.82. The van der Waals surface area contributed by atoms with Crippen LogP contribution in [0.15, 0.2) is 0 Å². The van der Waals surface area contributed by atoms with Gasteiger partial charge in [0, 0.05) is 32.2 Å². The summed E-state index contributed by atoms with van der Waals surface area (Å²) in [5.41, 5.74) is 0. The van der Waals surface area contributed by atoms with E-state index < -0.39 is 0 Å². The van der Waals surface area contributed by atoms with E-state index in [-0.39, 0.29) is 6.04 Å². The third-order valence-corrected chi connectivity index (χ3v) is 4.28. The Morgan fingerprint density at radius 2 is 2.06 bits per heavy atom. The molecule has 0 radical (unpaired) electrons. The molecular formula is C14H27N3O. The second-order valence-electron chi connectivity index (χ2n) is 5.61. The average molecular weight is 253 g/mol. The van der Waals surface area contributed by atoms with Crippen molar-refractivity contribution < 1.29 is 4.79 Å². The third kappa shape index (κ3) is 3.04. The van der Waals surface area contributed by atoms with Crippen LogP contribution in [0.1, 0.15) is 39.5 Å². The lowest BCUT2D eigenvalue weighted by molar-refractivity contribution is -0.137. The van der Waals surface area contributed by atoms with Crippen LogP contribution in [0.2, 0.25) is 0 Å². The second-order valence-corrected chi connectivity index (χ2v) is 5.61. The van der Waals surface area contributed by atoms with Crippen molar-refractivity contribution in [3.05, 3.63) is 0 Å². The van der Waals surface area contributed by atoms with Crippen molar-refractivity contribution >= 4 is 5.91 Å². The standard InChI is InChI=1S/C14H27N3O/c1-3-5-12(2)17-9-4-6-13(17)14(18)16-10-7-15-8-11-16/h12-13,15H,3-11H2,1-2H3. The van der Waals surface area contributed by atoms with Gasteiger partial charge in [-0.1, -0.05) is 13.3 Å². The number of hydrogen-bond acceptors (Lipinski definition) is 3. The fourth-order valence-electron chi connectivity index (χ4n) is 3.26. The Morgan fingerprint density at radius 3 is 2.72 bits per heavy atom. The number of nitrogens with one attached hydrogen (secondary N) is 1. The summed E-state index contributed by atoms with van der Waals surface area (Å²) in [5, 5.41) is 3.31. The van der Waals surface area contributed by atoms with Crippen LogP contribution in [0.3, 0.4) is 0 Å². The molecule has 0 saturated carbocycles. The quantitative estimate of drug-likeness (QED) is 0.814. The van der Waals surface area contributed by atoms with Gasteiger partial charge in [-0.3, -0.25) is 9.69 Å². The Morgan fingerprint density at radius 1 is 1.33 bits per heavy atom. The van der Waals surface area contributed by atoms with Gasteiger partial charge in [-0.2, -0.15) is 0 Å². The topological polar surface area (TPSA) is 35.6 Å². The van der Waals surface area contributed by atoms with E-state index in [4.69, 9.17) is 0 Å². The van der Waals surface area contributed by atoms with Crippen molar-refractivity contribution in [2.75, 3.05) is 32.7 Å². The van der Waals surface area contributed by atoms with E-state index in [0.717, 1.165) is 39.1 Å². The van der Waals surface area contributed by atoms with Crippen molar-refractivity contribution in [2.24, 2.45) is 0 Å². The van der Waals surface area contributed by atoms with Gasteiger partial charge in [0.25, 0.3) is 0 Å². The third-order valence-electron chi connectivity index (χ3n) is 4.28. The first-order chi connectivity index (χ1) is 8.74. The summed E-state index contributed by atoms with van der Waals surface area (Å²) in [7, 11) is 0. The molecule has 0 spiro atoms. The first kappa shape index (κ1) is 13.8. The van der Waals surface area contributed by atoms with Crippen LogP contribution in [0.5, 0.6) is 0 Å². The van der Waals surface area contributed by atoms with Crippen molar-refractivity contribution in [1.82, 2.24) is 15.1 Å². The van der Waals surface area contributed by atoms with E-state index in [1.165, 1.54) is 19.3 Å². The molecule has 0 bridgehead atoms. The minimum Gasteiger partial charge on any atom is -0.339 e. The van der Waals surface area contributed by atoms with E-state index in [0.29, 0.717) is 11.9 Å². The van der Waals surface area contributed by atoms with Crippen LogP contribution in [-0.2, 0) is 4.79 Å². The molecule has 0 aromatic carbocycles. The van der Waals surface area contributed by atoms with Crippen LogP contribution in [0.4, 0.5) is 0 Å². The highest BCUT2D eigenvalue weighted by atomic mass is 16.2. The number of likely N-dealkylation sites (tertiary alicyclic amines) is 1. The maximum atomic E-state index is 12.6. The fourth-order valence-corrected chi connectivity index (χ4v) is 3.26. The molecule has 4 nitrogen and oxygen atoms in total. The molecule has 104 valence electrons. The summed E-state index contributed by atoms with van der Waals surface area (Å²) in [6, 6.07) is 0.707. The molecule has 18 heavy (non-hydrogen) atoms. The number of nitrogens with zero attached hydrogens (tertiary/aromatic N) is 2. The van der Waals surface area contributed by atoms with Crippen LogP contribution in [0, 0.1) is 0 Å². The van der Waals surface area contributed by atoms with Crippen molar-refractivity contribution in [3.8, 4) is 0 Å². The van der Waals surface area contributed by atoms with Gasteiger partial charge in [0.15, 0.2) is 0 Å². The number of carbonyl (C=O) groups excluding carboxylic acids is 1. The van der Waals surface area contributed by atoms with Crippen molar-refractivity contribution in [3.63, 3.8) is 0 Å². The summed E-state index contributed by atoms with van der Waals surface area (Å²) in [6.45, 7) is 9.25. The van der Waals surface area contributed by atoms with Gasteiger partial charge in [-0.25, -0.2) is 0 Å². The molecule has 2 aliphatic heterocycles. The Hall–Kier alpha value is -0.610. The van der Waals surface area contributed by atoms with E-state index in [9.17, 15) is 4.79 Å². The minimum atomic E-state index is 0.157. The average Bonchev–Trinajstić information content (AvgIpc) is 2.88. The molecule has 1 amide bonds. The van der Waals surface area contributed by atoms with Gasteiger partial charge >= 0.3 is 0 Å². The first-order valence-electron chi connectivity index (χ1n) is 7.49. The lowest BCUT2D eigenvalue weighted by Crippen LogP contribution is -2.53. The highest BCUT2D eigenvalue weighted by Crippen LogP contribution is 2.23. The lowest BCUT2D eigenvalue weighted by Gasteiger charge is -2.35. The highest BCUT2D eigenvalue weighted by Gasteiger charge is 2.35. The van der Waals surface area contributed by atoms with Gasteiger partial charge in [0.1, 0.15) is 0 Å². The number of carbonyl (C=O) groups is 1. The van der Waals surface area contributed by atoms with Crippen LogP contribution in [-0.4, -0.2) is 60.5 Å². The van der Waals surface area contributed by atoms with Gasteiger partial charge < -0.3 is 10.2 Å². The second kappa shape index (κ2) is 6.53. The molecule has 2 saturated heterocycles. The molecule has 2 atom stereocenters. The van der Waals surface area contributed by atoms with E-state index >= 15 is 0 Å². The molecule has 0 aromatic heterocycles. The number of rotatable bonds is 4. The largest absolute Gasteiger partial charge is 0.339 e. The molecule has 2 rings (SSSR count). The maximum Gasteiger partial charge on any atom is 0.240 e. The van der Waals surface area contributed by atoms with E-state index in [2.05, 4.69) is 29.0 Å². The van der Waals surface area contributed by atoms with E-state index in [1.54, 1.807) is 0 Å². The first-order valence-corrected chi connectivity index (χ1v) is 7.49. The van der Waals surface area contributed by atoms with Gasteiger partial charge in [-0.05, 0) is 32.7 Å². The molecular weight excluding hydrogens is 226 g/mol. The predicted octanol–water partition coefficient (Wildman–Crippen LogP) is 1.07. The fraction of sp³-hybridized carbons (Fsp3) is 0.929. The Bertz CT molecular complexity index is 276. The Labute approximate surface area is 111 Å². The summed E-state index contributed by atoms with van der Waals surface area (Å²) >= 11 is 0. The zero-order chi connectivity index (χ0) is 13.0. The Balaban J connectivity index is 1.95. The van der Waals surface area contributed by atoms with Gasteiger partial charge in [0.2, 0.25) is 5.91 Å². The monoisotopic (exact) mass is 253 g/mol. The molecule has 0 aliphatic carbocycles. The zero-order valence-electron chi connectivity index (χ0n) is 11.8. The normalized spacial score (nSPS) is 27.4. The predicted molar refractivity (Wildman–Crippen MR) is 73.5 cm³/mol. The van der Waals surface area contributed by atoms with Crippen LogP contribution >= 0.6 is 0 Å². The molecule has 0 aromatic rings. The molecule has 2 heterocycles. The molecule has 4 heteroatoms. The summed E-state index contributed by atoms with van der Waals surface area (Å²) in [6.07, 6.45) is 4.63. The number of piperazine rings is 1. The lowest BCUT2D eigenvalue weighted by atomic mass is 10.1. The van der Waals surface area contributed by atoms with Crippen LogP contribution < -0.4 is 5.32 Å². The summed E-state index contributed by atoms with van der Waals surface area (Å²) in [5.74, 6) is 0.372. The molecule has 2 fully saturated rings. The SMILES string of the molecule is CCCC(C)N1CCCC1C(=O)N1CCNCC1. The summed E-state index contributed by atoms with van der Waals surface area (Å²) in [4.78, 5) is 17.1. The maximum absolute atomic E-state index is 12.6. The zero-order valence-corrected chi connectivity index (χ0v) is 11.8. The van der Waals surface area contributed by atoms with Gasteiger partial charge in [0.05, 0.1) is 6.04 Å². The minimum absolute atomic E-state index is 0.157. The Kier molecular flexibility index (Phi) is 5.01. The summed E-state index contributed by atoms with van der Waals surface area (Å²) < 4.78 is 0. The smallest absolute Gasteiger partial charge is 0.240 e. The number of hydrogen-bond donors (Lipinski definition) is 1. The van der Waals surface area contributed by atoms with Crippen molar-refractivity contribution in [2.45, 2.75) is 51.6 Å². The molecule has 1 N–H and O–H groups in total. The number of amides is 1.